The van der Waals surface area contributed by atoms with Crippen LogP contribution in [-0.2, 0) is 23.3 Å². The second-order valence-corrected chi connectivity index (χ2v) is 10.1. The van der Waals surface area contributed by atoms with Crippen molar-refractivity contribution in [3.8, 4) is 0 Å². The Morgan fingerprint density at radius 2 is 1.50 bits per heavy atom. The van der Waals surface area contributed by atoms with E-state index in [1.165, 1.54) is 3.07 Å². The molecule has 0 aromatic heterocycles. The van der Waals surface area contributed by atoms with Crippen LogP contribution < -0.4 is 3.07 Å². The first-order valence-electron chi connectivity index (χ1n) is 5.65. The van der Waals surface area contributed by atoms with Crippen molar-refractivity contribution in [2.45, 2.75) is 0 Å². The first-order chi connectivity index (χ1) is 8.90. The summed E-state index contributed by atoms with van der Waals surface area (Å²) in [7, 11) is 6.06. The molecule has 0 radical (unpaired) electrons. The second-order valence-electron chi connectivity index (χ2n) is 3.73. The third-order valence-corrected chi connectivity index (χ3v) is 8.62. The Morgan fingerprint density at radius 1 is 0.833 bits per heavy atom. The van der Waals surface area contributed by atoms with Crippen molar-refractivity contribution >= 4 is 23.8 Å². The quantitative estimate of drug-likeness (QED) is 0.395. The van der Waals surface area contributed by atoms with E-state index in [2.05, 4.69) is 16.3 Å². The van der Waals surface area contributed by atoms with Crippen LogP contribution in [0.3, 0.4) is 0 Å². The van der Waals surface area contributed by atoms with Gasteiger partial charge in [-0.05, 0) is 0 Å². The van der Waals surface area contributed by atoms with Crippen molar-refractivity contribution in [2.24, 2.45) is 10.2 Å². The molecule has 2 aromatic rings. The molecule has 0 spiro atoms. The minimum atomic E-state index is -1.40. The zero-order valence-corrected chi connectivity index (χ0v) is 16.1. The van der Waals surface area contributed by atoms with Crippen LogP contribution in [0.4, 0.5) is 0 Å². The zero-order valence-electron chi connectivity index (χ0n) is 9.83. The molecular formula is C14H11ClHgN2. The summed E-state index contributed by atoms with van der Waals surface area (Å²) >= 11 is -1.40. The summed E-state index contributed by atoms with van der Waals surface area (Å²) < 4.78 is 1.28. The molecule has 0 atom stereocenters. The predicted molar refractivity (Wildman–Crippen MR) is 73.6 cm³/mol. The van der Waals surface area contributed by atoms with Gasteiger partial charge in [0.1, 0.15) is 0 Å². The fourth-order valence-corrected chi connectivity index (χ4v) is 5.94. The van der Waals surface area contributed by atoms with Gasteiger partial charge in [-0.2, -0.15) is 0 Å². The SMILES string of the molecule is [Cl][Hg][c]1ccccc1C=NN=Cc1ccccc1. The van der Waals surface area contributed by atoms with Crippen LogP contribution in [0.15, 0.2) is 64.8 Å². The molecule has 0 aliphatic carbocycles. The third kappa shape index (κ3) is 4.04. The van der Waals surface area contributed by atoms with Gasteiger partial charge in [0.15, 0.2) is 0 Å². The molecule has 0 N–H and O–H groups in total. The van der Waals surface area contributed by atoms with Crippen molar-refractivity contribution < 1.29 is 23.3 Å². The fourth-order valence-electron chi connectivity index (χ4n) is 1.52. The summed E-state index contributed by atoms with van der Waals surface area (Å²) in [5.41, 5.74) is 2.14. The standard InChI is InChI=1S/C14H11N2.ClH.Hg/c1-3-7-13(8-4-1)11-15-16-12-14-9-5-2-6-10-14;;/h1-9,11-12H;1H;/q;;+1/p-1. The Morgan fingerprint density at radius 3 is 2.28 bits per heavy atom. The van der Waals surface area contributed by atoms with Gasteiger partial charge in [0.05, 0.1) is 0 Å². The van der Waals surface area contributed by atoms with E-state index in [0.717, 1.165) is 11.1 Å². The van der Waals surface area contributed by atoms with Crippen molar-refractivity contribution in [2.75, 3.05) is 0 Å². The van der Waals surface area contributed by atoms with Gasteiger partial charge in [-0.15, -0.1) is 0 Å². The topological polar surface area (TPSA) is 24.7 Å². The molecule has 0 amide bonds. The van der Waals surface area contributed by atoms with Gasteiger partial charge in [0.2, 0.25) is 0 Å². The number of rotatable bonds is 4. The van der Waals surface area contributed by atoms with Crippen LogP contribution >= 0.6 is 8.25 Å². The van der Waals surface area contributed by atoms with Crippen LogP contribution in [0.25, 0.3) is 0 Å². The maximum atomic E-state index is 6.06. The second kappa shape index (κ2) is 7.44. The summed E-state index contributed by atoms with van der Waals surface area (Å²) in [4.78, 5) is 0. The maximum absolute atomic E-state index is 6.06. The molecule has 0 fully saturated rings. The zero-order chi connectivity index (χ0) is 12.6. The Kier molecular flexibility index (Phi) is 5.56. The fraction of sp³-hybridized carbons (Fsp3) is 0. The molecule has 18 heavy (non-hydrogen) atoms. The molecule has 0 bridgehead atoms. The van der Waals surface area contributed by atoms with Gasteiger partial charge in [0.25, 0.3) is 0 Å². The van der Waals surface area contributed by atoms with Crippen LogP contribution in [-0.4, -0.2) is 12.4 Å². The van der Waals surface area contributed by atoms with Gasteiger partial charge in [-0.25, -0.2) is 0 Å². The first kappa shape index (κ1) is 13.4. The molecule has 0 aliphatic rings. The van der Waals surface area contributed by atoms with Crippen molar-refractivity contribution in [3.63, 3.8) is 0 Å². The summed E-state index contributed by atoms with van der Waals surface area (Å²) in [5.74, 6) is 0. The average Bonchev–Trinajstić information content (AvgIpc) is 2.45. The molecular weight excluding hydrogens is 432 g/mol. The molecule has 86 valence electrons. The van der Waals surface area contributed by atoms with Gasteiger partial charge < -0.3 is 0 Å². The number of nitrogens with zero attached hydrogens (tertiary/aromatic N) is 2. The third-order valence-electron chi connectivity index (χ3n) is 2.47. The van der Waals surface area contributed by atoms with Crippen molar-refractivity contribution in [3.05, 3.63) is 65.7 Å². The molecule has 2 rings (SSSR count). The molecule has 4 heteroatoms. The summed E-state index contributed by atoms with van der Waals surface area (Å²) in [6.07, 6.45) is 3.52. The summed E-state index contributed by atoms with van der Waals surface area (Å²) in [5, 5.41) is 8.11. The predicted octanol–water partition coefficient (Wildman–Crippen LogP) is 3.00. The van der Waals surface area contributed by atoms with E-state index >= 15 is 0 Å². The van der Waals surface area contributed by atoms with Gasteiger partial charge in [0, 0.05) is 0 Å². The molecule has 0 heterocycles. The Bertz CT molecular complexity index is 553. The van der Waals surface area contributed by atoms with E-state index < -0.39 is 23.3 Å². The molecule has 0 unspecified atom stereocenters. The van der Waals surface area contributed by atoms with Crippen molar-refractivity contribution in [1.29, 1.82) is 0 Å². The molecule has 2 aromatic carbocycles. The summed E-state index contributed by atoms with van der Waals surface area (Å²) in [6.45, 7) is 0. The van der Waals surface area contributed by atoms with Crippen LogP contribution in [0, 0.1) is 0 Å². The average molecular weight is 443 g/mol. The number of halogens is 1. The van der Waals surface area contributed by atoms with Crippen LogP contribution in [0.2, 0.25) is 0 Å². The van der Waals surface area contributed by atoms with E-state index in [9.17, 15) is 0 Å². The molecule has 0 saturated heterocycles. The molecule has 0 aliphatic heterocycles. The van der Waals surface area contributed by atoms with Crippen LogP contribution in [0.5, 0.6) is 0 Å². The van der Waals surface area contributed by atoms with E-state index in [1.807, 2.05) is 48.5 Å². The van der Waals surface area contributed by atoms with Gasteiger partial charge in [-0.3, -0.25) is 0 Å². The van der Waals surface area contributed by atoms with E-state index in [-0.39, 0.29) is 0 Å². The van der Waals surface area contributed by atoms with E-state index in [4.69, 9.17) is 8.25 Å². The Balaban J connectivity index is 2.06. The Hall–Kier alpha value is -0.995. The Labute approximate surface area is 122 Å². The monoisotopic (exact) mass is 444 g/mol. The van der Waals surface area contributed by atoms with Crippen molar-refractivity contribution in [1.82, 2.24) is 0 Å². The molecule has 0 saturated carbocycles. The number of hydrogen-bond acceptors (Lipinski definition) is 2. The minimum absolute atomic E-state index is 1.04. The normalized spacial score (nSPS) is 10.9. The number of hydrogen-bond donors (Lipinski definition) is 0. The first-order valence-corrected chi connectivity index (χ1v) is 15.2. The summed E-state index contributed by atoms with van der Waals surface area (Å²) in [6, 6.07) is 18.0. The number of benzene rings is 2. The molecule has 2 nitrogen and oxygen atoms in total. The van der Waals surface area contributed by atoms with Crippen LogP contribution in [0.1, 0.15) is 11.1 Å². The van der Waals surface area contributed by atoms with Gasteiger partial charge >= 0.3 is 123 Å². The van der Waals surface area contributed by atoms with E-state index in [0.29, 0.717) is 0 Å². The van der Waals surface area contributed by atoms with Gasteiger partial charge in [-0.1, -0.05) is 0 Å². The van der Waals surface area contributed by atoms with E-state index in [1.54, 1.807) is 12.4 Å².